The van der Waals surface area contributed by atoms with Gasteiger partial charge in [0, 0.05) is 24.5 Å². The van der Waals surface area contributed by atoms with Crippen molar-refractivity contribution in [2.45, 2.75) is 37.1 Å². The van der Waals surface area contributed by atoms with Crippen LogP contribution in [0.1, 0.15) is 22.9 Å². The number of carbonyl (C=O) groups excluding carboxylic acids is 1. The minimum atomic E-state index is -4.10. The Morgan fingerprint density at radius 2 is 1.90 bits per heavy atom. The summed E-state index contributed by atoms with van der Waals surface area (Å²) < 4.78 is 51.9. The van der Waals surface area contributed by atoms with Crippen molar-refractivity contribution in [1.29, 1.82) is 0 Å². The van der Waals surface area contributed by atoms with E-state index in [-0.39, 0.29) is 18.0 Å². The fourth-order valence-corrected chi connectivity index (χ4v) is 4.31. The van der Waals surface area contributed by atoms with E-state index >= 15 is 0 Å². The molecule has 4 rings (SSSR count). The van der Waals surface area contributed by atoms with Crippen LogP contribution < -0.4 is 0 Å². The summed E-state index contributed by atoms with van der Waals surface area (Å²) in [7, 11) is -4.10. The molecule has 0 aliphatic carbocycles. The van der Waals surface area contributed by atoms with Crippen LogP contribution in [-0.4, -0.2) is 49.7 Å². The van der Waals surface area contributed by atoms with E-state index in [0.29, 0.717) is 16.8 Å². The Hall–Kier alpha value is -3.12. The highest BCUT2D eigenvalue weighted by molar-refractivity contribution is 7.89. The van der Waals surface area contributed by atoms with Gasteiger partial charge in [0.1, 0.15) is 11.4 Å². The molecular weight excluding hydrogens is 420 g/mol. The molecule has 1 aliphatic heterocycles. The molecule has 0 radical (unpaired) electrons. The number of halogens is 2. The summed E-state index contributed by atoms with van der Waals surface area (Å²) in [5.74, 6) is -0.512. The topological polar surface area (TPSA) is 110 Å². The molecular formula is C18H17F2N5O4S. The minimum absolute atomic E-state index is 0.0468. The van der Waals surface area contributed by atoms with Gasteiger partial charge in [-0.3, -0.25) is 9.48 Å². The lowest BCUT2D eigenvalue weighted by Gasteiger charge is -2.19. The van der Waals surface area contributed by atoms with Gasteiger partial charge in [0.25, 0.3) is 22.4 Å². The fraction of sp³-hybridized carbons (Fsp3) is 0.278. The number of hydrogen-bond acceptors (Lipinski definition) is 6. The molecule has 2 aromatic heterocycles. The van der Waals surface area contributed by atoms with E-state index in [1.165, 1.54) is 11.1 Å². The number of nitrogens with zero attached hydrogens (tertiary/aromatic N) is 5. The van der Waals surface area contributed by atoms with Gasteiger partial charge < -0.3 is 10.0 Å². The number of fused-ring (bicyclic) bond motifs is 1. The fourth-order valence-electron chi connectivity index (χ4n) is 3.18. The Labute approximate surface area is 170 Å². The van der Waals surface area contributed by atoms with Crippen LogP contribution in [0.15, 0.2) is 53.8 Å². The Morgan fingerprint density at radius 3 is 2.57 bits per heavy atom. The third-order valence-electron chi connectivity index (χ3n) is 4.70. The molecule has 1 N–H and O–H groups in total. The molecule has 30 heavy (non-hydrogen) atoms. The number of amides is 1. The average Bonchev–Trinajstić information content (AvgIpc) is 3.42. The van der Waals surface area contributed by atoms with Crippen LogP contribution in [0.5, 0.6) is 0 Å². The van der Waals surface area contributed by atoms with Gasteiger partial charge in [-0.25, -0.2) is 8.78 Å². The van der Waals surface area contributed by atoms with Crippen LogP contribution in [0, 0.1) is 0 Å². The molecule has 1 atom stereocenters. The lowest BCUT2D eigenvalue weighted by molar-refractivity contribution is -0.141. The molecule has 0 spiro atoms. The lowest BCUT2D eigenvalue weighted by Crippen LogP contribution is -2.31. The first-order chi connectivity index (χ1) is 14.3. The minimum Gasteiger partial charge on any atom is -0.378 e. The Kier molecular flexibility index (Phi) is 5.12. The molecule has 12 heteroatoms. The third kappa shape index (κ3) is 3.71. The average molecular weight is 437 g/mol. The van der Waals surface area contributed by atoms with Gasteiger partial charge in [0.2, 0.25) is 0 Å². The molecule has 1 aliphatic rings. The van der Waals surface area contributed by atoms with Gasteiger partial charge in [-0.05, 0) is 5.56 Å². The van der Waals surface area contributed by atoms with Gasteiger partial charge in [-0.15, -0.1) is 0 Å². The Balaban J connectivity index is 1.49. The Morgan fingerprint density at radius 1 is 1.17 bits per heavy atom. The van der Waals surface area contributed by atoms with E-state index in [0.717, 1.165) is 21.2 Å². The molecule has 0 saturated carbocycles. The van der Waals surface area contributed by atoms with E-state index in [1.807, 2.05) is 0 Å². The number of hydrogen-bond donors (Lipinski definition) is 1. The first kappa shape index (κ1) is 20.2. The summed E-state index contributed by atoms with van der Waals surface area (Å²) >= 11 is 0. The molecule has 0 bridgehead atoms. The summed E-state index contributed by atoms with van der Waals surface area (Å²) in [4.78, 5) is 13.7. The van der Waals surface area contributed by atoms with Crippen molar-refractivity contribution in [3.8, 4) is 0 Å². The van der Waals surface area contributed by atoms with Crippen molar-refractivity contribution in [1.82, 2.24) is 23.9 Å². The maximum atomic E-state index is 12.7. The summed E-state index contributed by atoms with van der Waals surface area (Å²) in [5, 5.41) is 18.0. The van der Waals surface area contributed by atoms with Gasteiger partial charge in [-0.1, -0.05) is 30.3 Å². The van der Waals surface area contributed by atoms with E-state index < -0.39 is 35.0 Å². The van der Waals surface area contributed by atoms with Gasteiger partial charge in [0.15, 0.2) is 6.10 Å². The molecule has 1 amide bonds. The van der Waals surface area contributed by atoms with E-state index in [9.17, 15) is 27.1 Å². The number of rotatable bonds is 6. The summed E-state index contributed by atoms with van der Waals surface area (Å²) in [6, 6.07) is 8.47. The number of alkyl halides is 2. The summed E-state index contributed by atoms with van der Waals surface area (Å²) in [6.45, 7) is -0.574. The van der Waals surface area contributed by atoms with E-state index in [1.54, 1.807) is 30.3 Å². The van der Waals surface area contributed by atoms with Crippen molar-refractivity contribution in [3.05, 3.63) is 65.7 Å². The van der Waals surface area contributed by atoms with E-state index in [4.69, 9.17) is 0 Å². The number of aliphatic hydroxyl groups excluding tert-OH is 1. The standard InChI is InChI=1S/C18H17F2N5O4S/c19-16(20)11-24-9-14(6-21-24)30(28,29)25-8-13-7-23(10-15(13)22-25)18(27)17(26)12-4-2-1-3-5-12/h1-6,8-9,16-17,26H,7,10-11H2/t17-/m1/s1. The first-order valence-electron chi connectivity index (χ1n) is 8.91. The van der Waals surface area contributed by atoms with Gasteiger partial charge in [0.05, 0.1) is 18.4 Å². The summed E-state index contributed by atoms with van der Waals surface area (Å²) in [6.07, 6.45) is -0.718. The van der Waals surface area contributed by atoms with Crippen molar-refractivity contribution >= 4 is 15.9 Å². The highest BCUT2D eigenvalue weighted by Crippen LogP contribution is 2.26. The number of aromatic nitrogens is 4. The van der Waals surface area contributed by atoms with Crippen molar-refractivity contribution in [3.63, 3.8) is 0 Å². The zero-order chi connectivity index (χ0) is 21.5. The number of benzene rings is 1. The zero-order valence-corrected chi connectivity index (χ0v) is 16.3. The maximum absolute atomic E-state index is 12.7. The second kappa shape index (κ2) is 7.61. The van der Waals surface area contributed by atoms with Crippen molar-refractivity contribution in [2.75, 3.05) is 0 Å². The van der Waals surface area contributed by atoms with Crippen LogP contribution in [0.2, 0.25) is 0 Å². The molecule has 0 saturated heterocycles. The molecule has 1 aromatic carbocycles. The molecule has 0 unspecified atom stereocenters. The maximum Gasteiger partial charge on any atom is 0.286 e. The predicted molar refractivity (Wildman–Crippen MR) is 98.7 cm³/mol. The van der Waals surface area contributed by atoms with Gasteiger partial charge in [-0.2, -0.15) is 22.7 Å². The highest BCUT2D eigenvalue weighted by atomic mass is 32.2. The van der Waals surface area contributed by atoms with Crippen LogP contribution in [0.25, 0.3) is 0 Å². The number of carbonyl (C=O) groups is 1. The van der Waals surface area contributed by atoms with Crippen LogP contribution in [-0.2, 0) is 34.5 Å². The molecule has 3 heterocycles. The SMILES string of the molecule is O=C([C@H](O)c1ccccc1)N1Cc2cn(S(=O)(=O)c3cnn(CC(F)F)c3)nc2C1. The second-order valence-electron chi connectivity index (χ2n) is 6.78. The second-order valence-corrected chi connectivity index (χ2v) is 8.57. The van der Waals surface area contributed by atoms with Crippen LogP contribution >= 0.6 is 0 Å². The monoisotopic (exact) mass is 437 g/mol. The summed E-state index contributed by atoms with van der Waals surface area (Å²) in [5.41, 5.74) is 1.36. The lowest BCUT2D eigenvalue weighted by atomic mass is 10.1. The van der Waals surface area contributed by atoms with E-state index in [2.05, 4.69) is 10.2 Å². The quantitative estimate of drug-likeness (QED) is 0.620. The molecule has 158 valence electrons. The van der Waals surface area contributed by atoms with Crippen LogP contribution in [0.3, 0.4) is 0 Å². The van der Waals surface area contributed by atoms with Crippen molar-refractivity contribution < 1.29 is 27.1 Å². The molecule has 0 fully saturated rings. The van der Waals surface area contributed by atoms with Crippen molar-refractivity contribution in [2.24, 2.45) is 0 Å². The first-order valence-corrected chi connectivity index (χ1v) is 10.3. The molecule has 9 nitrogen and oxygen atoms in total. The van der Waals surface area contributed by atoms with Gasteiger partial charge >= 0.3 is 0 Å². The normalized spacial score (nSPS) is 14.9. The zero-order valence-electron chi connectivity index (χ0n) is 15.5. The molecule has 3 aromatic rings. The predicted octanol–water partition coefficient (Wildman–Crippen LogP) is 1.16. The highest BCUT2D eigenvalue weighted by Gasteiger charge is 2.32. The number of aliphatic hydroxyl groups is 1. The third-order valence-corrected chi connectivity index (χ3v) is 6.18. The van der Waals surface area contributed by atoms with Crippen LogP contribution in [0.4, 0.5) is 8.78 Å². The Bertz CT molecular complexity index is 1150. The largest absolute Gasteiger partial charge is 0.378 e. The smallest absolute Gasteiger partial charge is 0.286 e.